The van der Waals surface area contributed by atoms with E-state index in [9.17, 15) is 22.8 Å². The average Bonchev–Trinajstić information content (AvgIpc) is 3.35. The number of fused-ring (bicyclic) bond motifs is 2. The van der Waals surface area contributed by atoms with Gasteiger partial charge in [0, 0.05) is 22.8 Å². The average molecular weight is 652 g/mol. The number of likely N-dealkylation sites (tertiary alicyclic amines) is 2. The lowest BCUT2D eigenvalue weighted by Crippen LogP contribution is -2.89. The Labute approximate surface area is 259 Å². The first-order chi connectivity index (χ1) is 19.7. The van der Waals surface area contributed by atoms with E-state index in [1.165, 1.54) is 36.5 Å². The summed E-state index contributed by atoms with van der Waals surface area (Å²) in [6.07, 6.45) is 0.474. The Bertz CT molecular complexity index is 1640. The van der Waals surface area contributed by atoms with Gasteiger partial charge in [-0.1, -0.05) is 55.2 Å². The van der Waals surface area contributed by atoms with E-state index in [0.717, 1.165) is 10.1 Å². The van der Waals surface area contributed by atoms with Crippen LogP contribution in [0.4, 0.5) is 0 Å². The van der Waals surface area contributed by atoms with Crippen LogP contribution in [0.3, 0.4) is 0 Å². The molecule has 2 N–H and O–H groups in total. The fourth-order valence-corrected chi connectivity index (χ4v) is 8.61. The highest BCUT2D eigenvalue weighted by Crippen LogP contribution is 2.44. The van der Waals surface area contributed by atoms with Crippen LogP contribution in [0.15, 0.2) is 53.4 Å². The van der Waals surface area contributed by atoms with Crippen molar-refractivity contribution < 1.29 is 22.8 Å². The minimum atomic E-state index is -4.08. The summed E-state index contributed by atoms with van der Waals surface area (Å²) < 4.78 is 29.2. The van der Waals surface area contributed by atoms with Crippen molar-refractivity contribution in [1.29, 1.82) is 0 Å². The maximum atomic E-state index is 13.7. The Morgan fingerprint density at radius 1 is 1.07 bits per heavy atom. The SMILES string of the molecule is CC(C)CC(NC(=O)c1cc2ccccc2s1)C(=O)N1C[C@H]2N(C(=O)[C@H](C)NS(=O)(=O)c3ccc(Cl)cc3Cl)CC21C. The maximum Gasteiger partial charge on any atom is 0.262 e. The summed E-state index contributed by atoms with van der Waals surface area (Å²) in [5.74, 6) is -0.705. The highest BCUT2D eigenvalue weighted by atomic mass is 35.5. The van der Waals surface area contributed by atoms with Gasteiger partial charge < -0.3 is 15.1 Å². The quantitative estimate of drug-likeness (QED) is 0.353. The normalized spacial score (nSPS) is 21.4. The lowest BCUT2D eigenvalue weighted by Gasteiger charge is -2.69. The second kappa shape index (κ2) is 11.4. The Morgan fingerprint density at radius 2 is 1.79 bits per heavy atom. The number of carbonyl (C=O) groups excluding carboxylic acids is 3. The molecule has 2 aliphatic rings. The zero-order valence-corrected chi connectivity index (χ0v) is 26.7. The molecule has 1 aromatic heterocycles. The summed E-state index contributed by atoms with van der Waals surface area (Å²) in [4.78, 5) is 43.8. The van der Waals surface area contributed by atoms with Crippen molar-refractivity contribution in [3.05, 3.63) is 63.5 Å². The number of carbonyl (C=O) groups is 3. The van der Waals surface area contributed by atoms with E-state index in [2.05, 4.69) is 10.0 Å². The lowest BCUT2D eigenvalue weighted by molar-refractivity contribution is -0.206. The van der Waals surface area contributed by atoms with Crippen LogP contribution in [-0.4, -0.2) is 72.7 Å². The minimum Gasteiger partial charge on any atom is -0.340 e. The highest BCUT2D eigenvalue weighted by Gasteiger charge is 2.65. The molecule has 2 unspecified atom stereocenters. The van der Waals surface area contributed by atoms with Gasteiger partial charge in [0.2, 0.25) is 21.8 Å². The number of hydrogen-bond acceptors (Lipinski definition) is 6. The number of sulfonamides is 1. The minimum absolute atomic E-state index is 0.0466. The molecule has 2 fully saturated rings. The van der Waals surface area contributed by atoms with E-state index in [4.69, 9.17) is 23.2 Å². The largest absolute Gasteiger partial charge is 0.340 e. The molecule has 2 saturated heterocycles. The van der Waals surface area contributed by atoms with Gasteiger partial charge in [0.25, 0.3) is 5.91 Å². The van der Waals surface area contributed by atoms with Crippen LogP contribution in [0.5, 0.6) is 0 Å². The predicted molar refractivity (Wildman–Crippen MR) is 164 cm³/mol. The van der Waals surface area contributed by atoms with E-state index in [1.54, 1.807) is 9.80 Å². The molecule has 3 amide bonds. The monoisotopic (exact) mass is 650 g/mol. The number of thiophene rings is 1. The second-order valence-electron chi connectivity index (χ2n) is 11.5. The summed E-state index contributed by atoms with van der Waals surface area (Å²) in [6.45, 7) is 7.94. The molecule has 0 saturated carbocycles. The molecule has 4 atom stereocenters. The molecule has 13 heteroatoms. The standard InChI is InChI=1S/C29H32Cl2N4O5S2/c1-16(2)11-21(32-26(36)23-12-18-7-5-6-8-22(18)41-23)28(38)35-14-25-29(35,4)15-34(25)27(37)17(3)33-42(39,40)24-10-9-19(30)13-20(24)31/h5-10,12-13,16-17,21,25,33H,11,14-15H2,1-4H3,(H,32,36)/t17-,21?,25+,29?/m0/s1. The molecule has 9 nitrogen and oxygen atoms in total. The van der Waals surface area contributed by atoms with Gasteiger partial charge in [0.05, 0.1) is 27.5 Å². The number of halogens is 2. The molecule has 42 heavy (non-hydrogen) atoms. The first-order valence-electron chi connectivity index (χ1n) is 13.6. The van der Waals surface area contributed by atoms with E-state index in [1.807, 2.05) is 51.1 Å². The van der Waals surface area contributed by atoms with E-state index >= 15 is 0 Å². The fraction of sp³-hybridized carbons (Fsp3) is 0.414. The third-order valence-electron chi connectivity index (χ3n) is 7.95. The third kappa shape index (κ3) is 5.65. The van der Waals surface area contributed by atoms with Crippen molar-refractivity contribution in [1.82, 2.24) is 19.8 Å². The van der Waals surface area contributed by atoms with Gasteiger partial charge in [-0.15, -0.1) is 11.3 Å². The number of benzene rings is 2. The van der Waals surface area contributed by atoms with Crippen molar-refractivity contribution in [3.8, 4) is 0 Å². The highest BCUT2D eigenvalue weighted by molar-refractivity contribution is 7.89. The summed E-state index contributed by atoms with van der Waals surface area (Å²) in [6, 6.07) is 11.6. The summed E-state index contributed by atoms with van der Waals surface area (Å²) >= 11 is 13.3. The molecule has 224 valence electrons. The smallest absolute Gasteiger partial charge is 0.262 e. The summed E-state index contributed by atoms with van der Waals surface area (Å²) in [5, 5.41) is 4.18. The van der Waals surface area contributed by atoms with Gasteiger partial charge >= 0.3 is 0 Å². The number of hydrogen-bond donors (Lipinski definition) is 2. The summed E-state index contributed by atoms with van der Waals surface area (Å²) in [7, 11) is -4.08. The van der Waals surface area contributed by atoms with Crippen LogP contribution in [-0.2, 0) is 19.6 Å². The second-order valence-corrected chi connectivity index (χ2v) is 15.1. The van der Waals surface area contributed by atoms with Crippen molar-refractivity contribution in [3.63, 3.8) is 0 Å². The van der Waals surface area contributed by atoms with Crippen LogP contribution in [0.25, 0.3) is 10.1 Å². The zero-order chi connectivity index (χ0) is 30.6. The topological polar surface area (TPSA) is 116 Å². The fourth-order valence-electron chi connectivity index (χ4n) is 5.68. The van der Waals surface area contributed by atoms with E-state index < -0.39 is 33.6 Å². The number of rotatable bonds is 9. The first kappa shape index (κ1) is 30.7. The molecule has 2 aliphatic heterocycles. The van der Waals surface area contributed by atoms with E-state index in [0.29, 0.717) is 22.9 Å². The van der Waals surface area contributed by atoms with Gasteiger partial charge in [-0.25, -0.2) is 8.42 Å². The van der Waals surface area contributed by atoms with Crippen molar-refractivity contribution in [2.75, 3.05) is 13.1 Å². The Balaban J connectivity index is 1.23. The van der Waals surface area contributed by atoms with Gasteiger partial charge in [-0.3, -0.25) is 14.4 Å². The third-order valence-corrected chi connectivity index (χ3v) is 11.3. The number of nitrogens with one attached hydrogen (secondary N) is 2. The Morgan fingerprint density at radius 3 is 2.40 bits per heavy atom. The van der Waals surface area contributed by atoms with Crippen LogP contribution in [0.1, 0.15) is 43.8 Å². The van der Waals surface area contributed by atoms with Crippen LogP contribution < -0.4 is 10.0 Å². The molecule has 0 aliphatic carbocycles. The van der Waals surface area contributed by atoms with Crippen molar-refractivity contribution >= 4 is 72.4 Å². The first-order valence-corrected chi connectivity index (χ1v) is 16.7. The van der Waals surface area contributed by atoms with Gasteiger partial charge in [-0.2, -0.15) is 4.72 Å². The van der Waals surface area contributed by atoms with Crippen LogP contribution >= 0.6 is 34.5 Å². The molecule has 3 aromatic rings. The molecule has 3 heterocycles. The predicted octanol–water partition coefficient (Wildman–Crippen LogP) is 4.53. The number of amides is 3. The van der Waals surface area contributed by atoms with E-state index in [-0.39, 0.29) is 40.2 Å². The van der Waals surface area contributed by atoms with Gasteiger partial charge in [-0.05, 0) is 61.9 Å². The van der Waals surface area contributed by atoms with Crippen LogP contribution in [0.2, 0.25) is 10.0 Å². The molecular weight excluding hydrogens is 619 g/mol. The molecule has 0 bridgehead atoms. The molecular formula is C29H32Cl2N4O5S2. The van der Waals surface area contributed by atoms with Crippen molar-refractivity contribution in [2.24, 2.45) is 5.92 Å². The number of nitrogens with zero attached hydrogens (tertiary/aromatic N) is 2. The maximum absolute atomic E-state index is 13.7. The van der Waals surface area contributed by atoms with Gasteiger partial charge in [0.1, 0.15) is 10.9 Å². The molecule has 0 radical (unpaired) electrons. The molecule has 5 rings (SSSR count). The lowest BCUT2D eigenvalue weighted by atomic mass is 9.71. The molecule has 2 aromatic carbocycles. The number of piperazine rings is 1. The zero-order valence-electron chi connectivity index (χ0n) is 23.6. The van der Waals surface area contributed by atoms with Crippen molar-refractivity contribution in [2.45, 2.75) is 62.7 Å². The Kier molecular flexibility index (Phi) is 8.36. The van der Waals surface area contributed by atoms with Gasteiger partial charge in [0.15, 0.2) is 0 Å². The summed E-state index contributed by atoms with van der Waals surface area (Å²) in [5.41, 5.74) is -0.595. The Hall–Kier alpha value is -2.70. The van der Waals surface area contributed by atoms with Crippen LogP contribution in [0, 0.1) is 5.92 Å². The molecule has 0 spiro atoms.